The number of carbonyl (C=O) groups excluding carboxylic acids is 1. The number of nitrogens with one attached hydrogen (secondary N) is 1. The number of nitro groups is 1. The minimum absolute atomic E-state index is 0.0768. The van der Waals surface area contributed by atoms with E-state index in [4.69, 9.17) is 4.74 Å². The molecule has 1 aliphatic heterocycles. The van der Waals surface area contributed by atoms with Gasteiger partial charge in [0.1, 0.15) is 5.69 Å². The maximum atomic E-state index is 13.9. The molecule has 1 aromatic rings. The molecule has 1 saturated heterocycles. The normalized spacial score (nSPS) is 15.1. The molecule has 138 valence electrons. The number of amides is 1. The molecular weight excluding hydrogens is 397 g/mol. The first-order chi connectivity index (χ1) is 11.9. The summed E-state index contributed by atoms with van der Waals surface area (Å²) in [6.45, 7) is 3.42. The molecule has 0 unspecified atom stereocenters. The molecule has 0 radical (unpaired) electrons. The zero-order chi connectivity index (χ0) is 18.4. The van der Waals surface area contributed by atoms with Crippen LogP contribution < -0.4 is 5.32 Å². The lowest BCUT2D eigenvalue weighted by molar-refractivity contribution is -0.386. The van der Waals surface area contributed by atoms with Crippen molar-refractivity contribution >= 4 is 33.4 Å². The Kier molecular flexibility index (Phi) is 6.98. The van der Waals surface area contributed by atoms with Gasteiger partial charge in [-0.3, -0.25) is 10.1 Å². The molecule has 1 heterocycles. The first kappa shape index (κ1) is 19.4. The molecule has 0 saturated carbocycles. The van der Waals surface area contributed by atoms with Crippen molar-refractivity contribution in [3.63, 3.8) is 0 Å². The molecule has 1 aromatic carbocycles. The number of anilines is 1. The highest BCUT2D eigenvalue weighted by molar-refractivity contribution is 9.10. The molecule has 1 N–H and O–H groups in total. The van der Waals surface area contributed by atoms with Crippen LogP contribution in [0.15, 0.2) is 16.6 Å². The first-order valence-corrected chi connectivity index (χ1v) is 9.03. The smallest absolute Gasteiger partial charge is 0.409 e. The number of likely N-dealkylation sites (tertiary alicyclic amines) is 1. The highest BCUT2D eigenvalue weighted by Gasteiger charge is 2.27. The Bertz CT molecular complexity index is 636. The summed E-state index contributed by atoms with van der Waals surface area (Å²) in [7, 11) is 0. The van der Waals surface area contributed by atoms with Crippen molar-refractivity contribution in [1.29, 1.82) is 0 Å². The fourth-order valence-corrected chi connectivity index (χ4v) is 3.11. The van der Waals surface area contributed by atoms with Crippen LogP contribution in [0, 0.1) is 15.9 Å². The van der Waals surface area contributed by atoms with Crippen LogP contribution >= 0.6 is 15.9 Å². The Hall–Kier alpha value is -1.90. The Balaban J connectivity index is 1.94. The van der Waals surface area contributed by atoms with Crippen molar-refractivity contribution in [2.24, 2.45) is 0 Å². The average Bonchev–Trinajstić information content (AvgIpc) is 2.54. The fourth-order valence-electron chi connectivity index (χ4n) is 2.68. The van der Waals surface area contributed by atoms with E-state index in [1.54, 1.807) is 4.90 Å². The summed E-state index contributed by atoms with van der Waals surface area (Å²) < 4.78 is 19.5. The number of carbonyl (C=O) groups is 1. The van der Waals surface area contributed by atoms with Gasteiger partial charge >= 0.3 is 11.8 Å². The monoisotopic (exact) mass is 417 g/mol. The highest BCUT2D eigenvalue weighted by Crippen LogP contribution is 2.32. The van der Waals surface area contributed by atoms with E-state index in [0.29, 0.717) is 37.0 Å². The molecule has 0 aromatic heterocycles. The third kappa shape index (κ3) is 5.29. The van der Waals surface area contributed by atoms with Crippen LogP contribution in [0.5, 0.6) is 0 Å². The molecule has 0 aliphatic carbocycles. The van der Waals surface area contributed by atoms with Gasteiger partial charge in [-0.15, -0.1) is 0 Å². The first-order valence-electron chi connectivity index (χ1n) is 8.24. The molecule has 0 spiro atoms. The largest absolute Gasteiger partial charge is 0.449 e. The maximum absolute atomic E-state index is 13.9. The van der Waals surface area contributed by atoms with Crippen molar-refractivity contribution in [2.75, 3.05) is 25.0 Å². The molecule has 1 fully saturated rings. The summed E-state index contributed by atoms with van der Waals surface area (Å²) in [5.41, 5.74) is -0.426. The van der Waals surface area contributed by atoms with Crippen molar-refractivity contribution in [3.05, 3.63) is 32.5 Å². The van der Waals surface area contributed by atoms with Gasteiger partial charge in [0.15, 0.2) is 0 Å². The maximum Gasteiger partial charge on any atom is 0.409 e. The molecule has 25 heavy (non-hydrogen) atoms. The number of halogens is 2. The second-order valence-electron chi connectivity index (χ2n) is 5.91. The number of benzene rings is 1. The summed E-state index contributed by atoms with van der Waals surface area (Å²) in [6, 6.07) is 2.48. The lowest BCUT2D eigenvalue weighted by Crippen LogP contribution is -2.42. The minimum Gasteiger partial charge on any atom is -0.449 e. The average molecular weight is 418 g/mol. The van der Waals surface area contributed by atoms with E-state index >= 15 is 0 Å². The summed E-state index contributed by atoms with van der Waals surface area (Å²) in [5, 5.41) is 14.1. The molecule has 1 aliphatic rings. The SMILES string of the molecule is CCCCOC(=O)N1CCC(Nc2cc(Br)cc(F)c2[N+](=O)[O-])CC1. The van der Waals surface area contributed by atoms with Gasteiger partial charge in [-0.1, -0.05) is 29.3 Å². The van der Waals surface area contributed by atoms with E-state index in [1.807, 2.05) is 6.92 Å². The molecule has 0 atom stereocenters. The quantitative estimate of drug-likeness (QED) is 0.423. The predicted octanol–water partition coefficient (Wildman–Crippen LogP) is 4.31. The molecule has 9 heteroatoms. The van der Waals surface area contributed by atoms with Gasteiger partial charge in [-0.05, 0) is 31.4 Å². The number of piperidine rings is 1. The highest BCUT2D eigenvalue weighted by atomic mass is 79.9. The molecule has 7 nitrogen and oxygen atoms in total. The molecule has 2 rings (SSSR count). The van der Waals surface area contributed by atoms with E-state index in [9.17, 15) is 19.3 Å². The van der Waals surface area contributed by atoms with Crippen LogP contribution in [-0.4, -0.2) is 41.7 Å². The van der Waals surface area contributed by atoms with E-state index in [0.717, 1.165) is 18.9 Å². The molecular formula is C16H21BrFN3O4. The van der Waals surface area contributed by atoms with Gasteiger partial charge in [0.2, 0.25) is 5.82 Å². The Labute approximate surface area is 153 Å². The second-order valence-corrected chi connectivity index (χ2v) is 6.83. The number of hydrogen-bond donors (Lipinski definition) is 1. The van der Waals surface area contributed by atoms with Crippen LogP contribution in [0.2, 0.25) is 0 Å². The molecule has 0 bridgehead atoms. The van der Waals surface area contributed by atoms with Crippen molar-refractivity contribution in [1.82, 2.24) is 4.90 Å². The third-order valence-corrected chi connectivity index (χ3v) is 4.50. The second kappa shape index (κ2) is 8.98. The topological polar surface area (TPSA) is 84.7 Å². The van der Waals surface area contributed by atoms with Crippen LogP contribution in [0.4, 0.5) is 20.6 Å². The number of rotatable bonds is 6. The standard InChI is InChI=1S/C16H21BrFN3O4/c1-2-3-8-25-16(22)20-6-4-12(5-7-20)19-14-10-11(17)9-13(18)15(14)21(23)24/h9-10,12,19H,2-8H2,1H3. The van der Waals surface area contributed by atoms with Crippen molar-refractivity contribution < 1.29 is 18.8 Å². The van der Waals surface area contributed by atoms with Gasteiger partial charge in [0.05, 0.1) is 11.5 Å². The van der Waals surface area contributed by atoms with E-state index in [1.165, 1.54) is 6.07 Å². The molecule has 1 amide bonds. The lowest BCUT2D eigenvalue weighted by atomic mass is 10.0. The summed E-state index contributed by atoms with van der Waals surface area (Å²) in [5.74, 6) is -0.890. The van der Waals surface area contributed by atoms with Gasteiger partial charge in [0, 0.05) is 23.6 Å². The third-order valence-electron chi connectivity index (χ3n) is 4.05. The Morgan fingerprint density at radius 2 is 2.16 bits per heavy atom. The zero-order valence-corrected chi connectivity index (χ0v) is 15.6. The van der Waals surface area contributed by atoms with Gasteiger partial charge in [-0.25, -0.2) is 4.79 Å². The Morgan fingerprint density at radius 1 is 1.48 bits per heavy atom. The predicted molar refractivity (Wildman–Crippen MR) is 95.2 cm³/mol. The van der Waals surface area contributed by atoms with Crippen molar-refractivity contribution in [3.8, 4) is 0 Å². The van der Waals surface area contributed by atoms with Gasteiger partial charge in [0.25, 0.3) is 0 Å². The van der Waals surface area contributed by atoms with E-state index in [-0.39, 0.29) is 17.8 Å². The van der Waals surface area contributed by atoms with Crippen LogP contribution in [0.3, 0.4) is 0 Å². The van der Waals surface area contributed by atoms with Crippen LogP contribution in [-0.2, 0) is 4.74 Å². The summed E-state index contributed by atoms with van der Waals surface area (Å²) >= 11 is 3.15. The summed E-state index contributed by atoms with van der Waals surface area (Å²) in [6.07, 6.45) is 2.68. The van der Waals surface area contributed by atoms with Crippen molar-refractivity contribution in [2.45, 2.75) is 38.6 Å². The number of nitrogens with zero attached hydrogens (tertiary/aromatic N) is 2. The van der Waals surface area contributed by atoms with Gasteiger partial charge < -0.3 is 15.0 Å². The number of hydrogen-bond acceptors (Lipinski definition) is 5. The number of nitro benzene ring substituents is 1. The van der Waals surface area contributed by atoms with Crippen LogP contribution in [0.25, 0.3) is 0 Å². The number of ether oxygens (including phenoxy) is 1. The van der Waals surface area contributed by atoms with Gasteiger partial charge in [-0.2, -0.15) is 4.39 Å². The zero-order valence-electron chi connectivity index (χ0n) is 14.0. The van der Waals surface area contributed by atoms with E-state index in [2.05, 4.69) is 21.2 Å². The fraction of sp³-hybridized carbons (Fsp3) is 0.562. The Morgan fingerprint density at radius 3 is 2.76 bits per heavy atom. The minimum atomic E-state index is -0.890. The number of unbranched alkanes of at least 4 members (excludes halogenated alkanes) is 1. The van der Waals surface area contributed by atoms with Crippen LogP contribution in [0.1, 0.15) is 32.6 Å². The summed E-state index contributed by atoms with van der Waals surface area (Å²) in [4.78, 5) is 23.9. The van der Waals surface area contributed by atoms with E-state index < -0.39 is 16.4 Å². The lowest BCUT2D eigenvalue weighted by Gasteiger charge is -2.32.